The number of fused-ring (bicyclic) bond motifs is 1. The minimum absolute atomic E-state index is 0.261. The zero-order chi connectivity index (χ0) is 13.7. The summed E-state index contributed by atoms with van der Waals surface area (Å²) >= 11 is 0. The van der Waals surface area contributed by atoms with Crippen LogP contribution in [0.25, 0.3) is 0 Å². The van der Waals surface area contributed by atoms with Gasteiger partial charge in [0.1, 0.15) is 0 Å². The van der Waals surface area contributed by atoms with Crippen molar-refractivity contribution in [2.75, 3.05) is 20.6 Å². The molecule has 2 rings (SSSR count). The van der Waals surface area contributed by atoms with E-state index in [4.69, 9.17) is 0 Å². The SMILES string of the molecule is CNCCCC(=O)N(C)C1CCCc2ccccc21. The first-order chi connectivity index (χ1) is 9.24. The summed E-state index contributed by atoms with van der Waals surface area (Å²) in [4.78, 5) is 14.2. The van der Waals surface area contributed by atoms with E-state index in [0.717, 1.165) is 25.8 Å². The number of nitrogens with zero attached hydrogens (tertiary/aromatic N) is 1. The van der Waals surface area contributed by atoms with E-state index in [9.17, 15) is 4.79 Å². The van der Waals surface area contributed by atoms with Crippen LogP contribution in [0.3, 0.4) is 0 Å². The van der Waals surface area contributed by atoms with Gasteiger partial charge in [0.2, 0.25) is 5.91 Å². The molecule has 1 aliphatic carbocycles. The number of carbonyl (C=O) groups is 1. The number of aryl methyl sites for hydroxylation is 1. The molecule has 1 aromatic carbocycles. The van der Waals surface area contributed by atoms with Crippen LogP contribution in [0.4, 0.5) is 0 Å². The topological polar surface area (TPSA) is 32.3 Å². The summed E-state index contributed by atoms with van der Waals surface area (Å²) in [6, 6.07) is 8.82. The Kier molecular flexibility index (Phi) is 4.97. The molecule has 3 nitrogen and oxygen atoms in total. The van der Waals surface area contributed by atoms with Crippen LogP contribution >= 0.6 is 0 Å². The lowest BCUT2D eigenvalue weighted by Crippen LogP contribution is -2.33. The molecule has 19 heavy (non-hydrogen) atoms. The predicted molar refractivity (Wildman–Crippen MR) is 78.1 cm³/mol. The Hall–Kier alpha value is -1.35. The number of amides is 1. The molecule has 1 aliphatic rings. The van der Waals surface area contributed by atoms with Gasteiger partial charge in [0.25, 0.3) is 0 Å². The second-order valence-corrected chi connectivity index (χ2v) is 5.32. The van der Waals surface area contributed by atoms with Gasteiger partial charge in [-0.2, -0.15) is 0 Å². The average molecular weight is 260 g/mol. The Morgan fingerprint density at radius 1 is 1.42 bits per heavy atom. The summed E-state index contributed by atoms with van der Waals surface area (Å²) in [7, 11) is 3.88. The highest BCUT2D eigenvalue weighted by molar-refractivity contribution is 5.76. The van der Waals surface area contributed by atoms with E-state index in [1.807, 2.05) is 19.0 Å². The minimum atomic E-state index is 0.261. The van der Waals surface area contributed by atoms with Gasteiger partial charge < -0.3 is 10.2 Å². The molecule has 0 aromatic heterocycles. The molecule has 1 N–H and O–H groups in total. The van der Waals surface area contributed by atoms with Crippen LogP contribution in [0, 0.1) is 0 Å². The maximum atomic E-state index is 12.2. The second-order valence-electron chi connectivity index (χ2n) is 5.32. The molecule has 0 fully saturated rings. The molecule has 1 unspecified atom stereocenters. The molecule has 0 bridgehead atoms. The van der Waals surface area contributed by atoms with Gasteiger partial charge in [-0.3, -0.25) is 4.79 Å². The molecule has 1 amide bonds. The van der Waals surface area contributed by atoms with E-state index < -0.39 is 0 Å². The molecule has 0 saturated heterocycles. The minimum Gasteiger partial charge on any atom is -0.339 e. The van der Waals surface area contributed by atoms with Crippen LogP contribution in [0.5, 0.6) is 0 Å². The van der Waals surface area contributed by atoms with E-state index in [1.54, 1.807) is 0 Å². The first-order valence-electron chi connectivity index (χ1n) is 7.22. The molecule has 3 heteroatoms. The predicted octanol–water partition coefficient (Wildman–Crippen LogP) is 2.52. The lowest BCUT2D eigenvalue weighted by atomic mass is 9.87. The fraction of sp³-hybridized carbons (Fsp3) is 0.562. The number of nitrogens with one attached hydrogen (secondary N) is 1. The molecule has 0 spiro atoms. The van der Waals surface area contributed by atoms with Crippen molar-refractivity contribution in [3.8, 4) is 0 Å². The quantitative estimate of drug-likeness (QED) is 0.825. The van der Waals surface area contributed by atoms with Crippen LogP contribution in [0.15, 0.2) is 24.3 Å². The molecule has 1 aromatic rings. The molecular weight excluding hydrogens is 236 g/mol. The van der Waals surface area contributed by atoms with Gasteiger partial charge in [-0.25, -0.2) is 0 Å². The highest BCUT2D eigenvalue weighted by Crippen LogP contribution is 2.33. The number of benzene rings is 1. The number of hydrogen-bond acceptors (Lipinski definition) is 2. The molecule has 0 saturated carbocycles. The lowest BCUT2D eigenvalue weighted by molar-refractivity contribution is -0.132. The highest BCUT2D eigenvalue weighted by atomic mass is 16.2. The number of carbonyl (C=O) groups excluding carboxylic acids is 1. The van der Waals surface area contributed by atoms with Gasteiger partial charge >= 0.3 is 0 Å². The summed E-state index contributed by atoms with van der Waals surface area (Å²) in [6.45, 7) is 0.904. The van der Waals surface area contributed by atoms with E-state index in [2.05, 4.69) is 29.6 Å². The van der Waals surface area contributed by atoms with Crippen molar-refractivity contribution in [3.63, 3.8) is 0 Å². The second kappa shape index (κ2) is 6.71. The molecule has 104 valence electrons. The maximum absolute atomic E-state index is 12.2. The van der Waals surface area contributed by atoms with Crippen molar-refractivity contribution in [1.29, 1.82) is 0 Å². The zero-order valence-corrected chi connectivity index (χ0v) is 12.0. The Morgan fingerprint density at radius 2 is 2.21 bits per heavy atom. The van der Waals surface area contributed by atoms with Crippen molar-refractivity contribution < 1.29 is 4.79 Å². The van der Waals surface area contributed by atoms with Gasteiger partial charge in [0.05, 0.1) is 6.04 Å². The fourth-order valence-electron chi connectivity index (χ4n) is 2.90. The average Bonchev–Trinajstić information content (AvgIpc) is 2.46. The van der Waals surface area contributed by atoms with Gasteiger partial charge in [-0.05, 0) is 50.4 Å². The molecule has 0 radical (unpaired) electrons. The van der Waals surface area contributed by atoms with Crippen molar-refractivity contribution in [1.82, 2.24) is 10.2 Å². The normalized spacial score (nSPS) is 17.9. The fourth-order valence-corrected chi connectivity index (χ4v) is 2.90. The summed E-state index contributed by atoms with van der Waals surface area (Å²) in [6.07, 6.45) is 4.96. The largest absolute Gasteiger partial charge is 0.339 e. The first kappa shape index (κ1) is 14.1. The van der Waals surface area contributed by atoms with Crippen LogP contribution in [0.2, 0.25) is 0 Å². The number of hydrogen-bond donors (Lipinski definition) is 1. The third kappa shape index (κ3) is 3.35. The summed E-state index contributed by atoms with van der Waals surface area (Å²) in [5, 5.41) is 3.09. The van der Waals surface area contributed by atoms with Crippen molar-refractivity contribution >= 4 is 5.91 Å². The van der Waals surface area contributed by atoms with E-state index >= 15 is 0 Å². The third-order valence-electron chi connectivity index (χ3n) is 4.02. The van der Waals surface area contributed by atoms with E-state index in [0.29, 0.717) is 6.42 Å². The molecule has 1 atom stereocenters. The molecule has 0 aliphatic heterocycles. The standard InChI is InChI=1S/C16H24N2O/c1-17-12-6-11-16(19)18(2)15-10-5-8-13-7-3-4-9-14(13)15/h3-4,7,9,15,17H,5-6,8,10-12H2,1-2H3. The van der Waals surface area contributed by atoms with Crippen LogP contribution < -0.4 is 5.32 Å². The first-order valence-corrected chi connectivity index (χ1v) is 7.22. The van der Waals surface area contributed by atoms with Crippen molar-refractivity contribution in [2.24, 2.45) is 0 Å². The zero-order valence-electron chi connectivity index (χ0n) is 12.0. The van der Waals surface area contributed by atoms with Crippen molar-refractivity contribution in [2.45, 2.75) is 38.1 Å². The molecular formula is C16H24N2O. The third-order valence-corrected chi connectivity index (χ3v) is 4.02. The van der Waals surface area contributed by atoms with Gasteiger partial charge in [0, 0.05) is 13.5 Å². The Morgan fingerprint density at radius 3 is 3.00 bits per heavy atom. The van der Waals surface area contributed by atoms with Crippen LogP contribution in [-0.2, 0) is 11.2 Å². The Labute approximate surface area is 116 Å². The summed E-state index contributed by atoms with van der Waals surface area (Å²) < 4.78 is 0. The monoisotopic (exact) mass is 260 g/mol. The summed E-state index contributed by atoms with van der Waals surface area (Å²) in [5.41, 5.74) is 2.76. The smallest absolute Gasteiger partial charge is 0.222 e. The maximum Gasteiger partial charge on any atom is 0.222 e. The lowest BCUT2D eigenvalue weighted by Gasteiger charge is -2.33. The van der Waals surface area contributed by atoms with Crippen molar-refractivity contribution in [3.05, 3.63) is 35.4 Å². The summed E-state index contributed by atoms with van der Waals surface area (Å²) in [5.74, 6) is 0.261. The van der Waals surface area contributed by atoms with E-state index in [1.165, 1.54) is 17.5 Å². The Balaban J connectivity index is 2.04. The van der Waals surface area contributed by atoms with Gasteiger partial charge in [-0.1, -0.05) is 24.3 Å². The van der Waals surface area contributed by atoms with Crippen LogP contribution in [0.1, 0.15) is 42.9 Å². The van der Waals surface area contributed by atoms with Gasteiger partial charge in [0.15, 0.2) is 0 Å². The Bertz CT molecular complexity index is 431. The van der Waals surface area contributed by atoms with Crippen LogP contribution in [-0.4, -0.2) is 31.4 Å². The molecule has 0 heterocycles. The highest BCUT2D eigenvalue weighted by Gasteiger charge is 2.25. The van der Waals surface area contributed by atoms with Gasteiger partial charge in [-0.15, -0.1) is 0 Å². The number of rotatable bonds is 5. The van der Waals surface area contributed by atoms with E-state index in [-0.39, 0.29) is 11.9 Å².